The molecule has 2 aromatic heterocycles. The summed E-state index contributed by atoms with van der Waals surface area (Å²) in [6, 6.07) is 0.855. The minimum Gasteiger partial charge on any atom is -0.475 e. The van der Waals surface area contributed by atoms with Crippen LogP contribution in [0.4, 0.5) is 0 Å². The molecule has 0 aromatic carbocycles. The molecule has 0 spiro atoms. The van der Waals surface area contributed by atoms with Crippen LogP contribution < -0.4 is 5.32 Å². The summed E-state index contributed by atoms with van der Waals surface area (Å²) in [6.45, 7) is 5.60. The Bertz CT molecular complexity index is 661. The third kappa shape index (κ3) is 2.85. The molecule has 0 radical (unpaired) electrons. The van der Waals surface area contributed by atoms with E-state index in [0.29, 0.717) is 0 Å². The quantitative estimate of drug-likeness (QED) is 0.893. The molecule has 0 aliphatic heterocycles. The monoisotopic (exact) mass is 295 g/mol. The molecule has 7 nitrogen and oxygen atoms in total. The van der Waals surface area contributed by atoms with E-state index in [4.69, 9.17) is 5.11 Å². The second-order valence-corrected chi connectivity index (χ2v) is 5.49. The number of aromatic carboxylic acids is 1. The zero-order valence-electron chi connectivity index (χ0n) is 11.1. The van der Waals surface area contributed by atoms with Crippen LogP contribution in [0.1, 0.15) is 49.6 Å². The smallest absolute Gasteiger partial charge is 0.374 e. The van der Waals surface area contributed by atoms with Gasteiger partial charge in [-0.15, -0.1) is 11.3 Å². The highest BCUT2D eigenvalue weighted by Crippen LogP contribution is 2.24. The lowest BCUT2D eigenvalue weighted by Gasteiger charge is -2.11. The fourth-order valence-corrected chi connectivity index (χ4v) is 2.70. The molecular formula is C12H13N3O4S. The van der Waals surface area contributed by atoms with E-state index in [2.05, 4.69) is 20.0 Å². The Hall–Kier alpha value is -2.22. The first-order chi connectivity index (χ1) is 9.38. The van der Waals surface area contributed by atoms with Crippen molar-refractivity contribution in [3.05, 3.63) is 33.1 Å². The van der Waals surface area contributed by atoms with Crippen molar-refractivity contribution >= 4 is 23.2 Å². The van der Waals surface area contributed by atoms with E-state index in [0.717, 1.165) is 21.6 Å². The van der Waals surface area contributed by atoms with E-state index in [1.807, 2.05) is 20.8 Å². The number of aromatic nitrogens is 2. The van der Waals surface area contributed by atoms with Crippen LogP contribution in [0.25, 0.3) is 0 Å². The molecule has 0 saturated carbocycles. The van der Waals surface area contributed by atoms with Gasteiger partial charge in [-0.25, -0.2) is 9.78 Å². The number of carbonyl (C=O) groups excluding carboxylic acids is 1. The number of hydrogen-bond acceptors (Lipinski definition) is 6. The SMILES string of the molecule is Cc1nc(C)c(C(C)NC(=O)c2cc(C(=O)O)on2)s1. The molecule has 8 heteroatoms. The second kappa shape index (κ2) is 5.41. The standard InChI is InChI=1S/C12H13N3O4S/c1-5-10(20-7(3)13-5)6(2)14-11(16)8-4-9(12(17)18)19-15-8/h4,6H,1-3H3,(H,14,16)(H,17,18). The van der Waals surface area contributed by atoms with Crippen molar-refractivity contribution < 1.29 is 19.2 Å². The van der Waals surface area contributed by atoms with E-state index in [1.165, 1.54) is 11.3 Å². The number of carboxylic acid groups (broad SMARTS) is 1. The highest BCUT2D eigenvalue weighted by molar-refractivity contribution is 7.11. The zero-order valence-corrected chi connectivity index (χ0v) is 11.9. The summed E-state index contributed by atoms with van der Waals surface area (Å²) in [5, 5.41) is 15.8. The number of thiazole rings is 1. The maximum atomic E-state index is 11.9. The van der Waals surface area contributed by atoms with E-state index in [-0.39, 0.29) is 17.5 Å². The van der Waals surface area contributed by atoms with Gasteiger partial charge in [0.05, 0.1) is 16.7 Å². The Morgan fingerprint density at radius 1 is 1.45 bits per heavy atom. The van der Waals surface area contributed by atoms with Gasteiger partial charge in [0.25, 0.3) is 5.91 Å². The Morgan fingerprint density at radius 2 is 2.15 bits per heavy atom. The van der Waals surface area contributed by atoms with Crippen molar-refractivity contribution in [2.75, 3.05) is 0 Å². The molecule has 20 heavy (non-hydrogen) atoms. The maximum absolute atomic E-state index is 11.9. The van der Waals surface area contributed by atoms with Crippen LogP contribution in [0, 0.1) is 13.8 Å². The molecule has 0 saturated heterocycles. The van der Waals surface area contributed by atoms with E-state index in [9.17, 15) is 9.59 Å². The lowest BCUT2D eigenvalue weighted by molar-refractivity contribution is 0.0651. The van der Waals surface area contributed by atoms with Gasteiger partial charge in [0.2, 0.25) is 5.76 Å². The summed E-state index contributed by atoms with van der Waals surface area (Å²) in [7, 11) is 0. The molecule has 1 amide bonds. The van der Waals surface area contributed by atoms with Crippen molar-refractivity contribution in [1.29, 1.82) is 0 Å². The van der Waals surface area contributed by atoms with Crippen LogP contribution in [-0.4, -0.2) is 27.1 Å². The summed E-state index contributed by atoms with van der Waals surface area (Å²) >= 11 is 1.51. The third-order valence-corrected chi connectivity index (χ3v) is 3.89. The predicted molar refractivity (Wildman–Crippen MR) is 70.9 cm³/mol. The number of rotatable bonds is 4. The molecule has 1 atom stereocenters. The largest absolute Gasteiger partial charge is 0.475 e. The first-order valence-electron chi connectivity index (χ1n) is 5.83. The highest BCUT2D eigenvalue weighted by atomic mass is 32.1. The molecule has 106 valence electrons. The van der Waals surface area contributed by atoms with Crippen molar-refractivity contribution in [2.24, 2.45) is 0 Å². The minimum atomic E-state index is -1.27. The minimum absolute atomic E-state index is 0.0619. The molecule has 0 aliphatic rings. The lowest BCUT2D eigenvalue weighted by Crippen LogP contribution is -2.26. The summed E-state index contributed by atoms with van der Waals surface area (Å²) in [6.07, 6.45) is 0. The Morgan fingerprint density at radius 3 is 2.65 bits per heavy atom. The number of nitrogens with zero attached hydrogens (tertiary/aromatic N) is 2. The number of hydrogen-bond donors (Lipinski definition) is 2. The van der Waals surface area contributed by atoms with Crippen LogP contribution in [0.5, 0.6) is 0 Å². The van der Waals surface area contributed by atoms with Crippen molar-refractivity contribution in [1.82, 2.24) is 15.5 Å². The van der Waals surface area contributed by atoms with Crippen molar-refractivity contribution in [3.8, 4) is 0 Å². The third-order valence-electron chi connectivity index (χ3n) is 2.63. The fraction of sp³-hybridized carbons (Fsp3) is 0.333. The Kier molecular flexibility index (Phi) is 3.84. The molecule has 1 unspecified atom stereocenters. The first kappa shape index (κ1) is 14.2. The second-order valence-electron chi connectivity index (χ2n) is 4.26. The first-order valence-corrected chi connectivity index (χ1v) is 6.65. The van der Waals surface area contributed by atoms with Crippen LogP contribution in [0.15, 0.2) is 10.6 Å². The fourth-order valence-electron chi connectivity index (χ4n) is 1.77. The van der Waals surface area contributed by atoms with Gasteiger partial charge in [-0.05, 0) is 20.8 Å². The number of aryl methyl sites for hydroxylation is 2. The van der Waals surface area contributed by atoms with Gasteiger partial charge in [-0.2, -0.15) is 0 Å². The summed E-state index contributed by atoms with van der Waals surface area (Å²) < 4.78 is 4.54. The summed E-state index contributed by atoms with van der Waals surface area (Å²) in [5.74, 6) is -2.12. The molecule has 2 aromatic rings. The van der Waals surface area contributed by atoms with Gasteiger partial charge in [0, 0.05) is 10.9 Å². The van der Waals surface area contributed by atoms with Crippen molar-refractivity contribution in [3.63, 3.8) is 0 Å². The molecule has 0 bridgehead atoms. The highest BCUT2D eigenvalue weighted by Gasteiger charge is 2.20. The van der Waals surface area contributed by atoms with Crippen LogP contribution in [0.3, 0.4) is 0 Å². The number of amides is 1. The average Bonchev–Trinajstić information content (AvgIpc) is 2.95. The summed E-state index contributed by atoms with van der Waals surface area (Å²) in [5.41, 5.74) is 0.805. The predicted octanol–water partition coefficient (Wildman–Crippen LogP) is 1.94. The van der Waals surface area contributed by atoms with Crippen LogP contribution >= 0.6 is 11.3 Å². The average molecular weight is 295 g/mol. The van der Waals surface area contributed by atoms with Gasteiger partial charge < -0.3 is 14.9 Å². The normalized spacial score (nSPS) is 12.2. The molecule has 2 N–H and O–H groups in total. The number of carboxylic acids is 1. The zero-order chi connectivity index (χ0) is 14.9. The lowest BCUT2D eigenvalue weighted by atomic mass is 10.2. The van der Waals surface area contributed by atoms with Crippen LogP contribution in [0.2, 0.25) is 0 Å². The molecular weight excluding hydrogens is 282 g/mol. The molecule has 0 aliphatic carbocycles. The van der Waals surface area contributed by atoms with E-state index in [1.54, 1.807) is 0 Å². The maximum Gasteiger partial charge on any atom is 0.374 e. The Balaban J connectivity index is 2.10. The number of carbonyl (C=O) groups is 2. The summed E-state index contributed by atoms with van der Waals surface area (Å²) in [4.78, 5) is 27.8. The topological polar surface area (TPSA) is 105 Å². The molecule has 0 fully saturated rings. The van der Waals surface area contributed by atoms with Gasteiger partial charge in [0.15, 0.2) is 5.69 Å². The van der Waals surface area contributed by atoms with E-state index >= 15 is 0 Å². The van der Waals surface area contributed by atoms with Gasteiger partial charge >= 0.3 is 5.97 Å². The molecule has 2 heterocycles. The van der Waals surface area contributed by atoms with Gasteiger partial charge in [0.1, 0.15) is 0 Å². The molecule has 2 rings (SSSR count). The van der Waals surface area contributed by atoms with Gasteiger partial charge in [-0.1, -0.05) is 5.16 Å². The van der Waals surface area contributed by atoms with Crippen LogP contribution in [-0.2, 0) is 0 Å². The van der Waals surface area contributed by atoms with E-state index < -0.39 is 11.9 Å². The number of nitrogens with one attached hydrogen (secondary N) is 1. The Labute approximate surface area is 118 Å². The van der Waals surface area contributed by atoms with Crippen molar-refractivity contribution in [2.45, 2.75) is 26.8 Å². The van der Waals surface area contributed by atoms with Gasteiger partial charge in [-0.3, -0.25) is 4.79 Å².